The second kappa shape index (κ2) is 5.58. The number of rotatable bonds is 6. The summed E-state index contributed by atoms with van der Waals surface area (Å²) in [5, 5.41) is 3.38. The Labute approximate surface area is 77.9 Å². The topological polar surface area (TPSA) is 12.0 Å². The van der Waals surface area contributed by atoms with E-state index in [2.05, 4.69) is 39.9 Å². The first-order valence-corrected chi connectivity index (χ1v) is 5.18. The highest BCUT2D eigenvalue weighted by Crippen LogP contribution is 2.28. The van der Waals surface area contributed by atoms with E-state index in [1.165, 1.54) is 12.8 Å². The van der Waals surface area contributed by atoms with Crippen LogP contribution in [0.25, 0.3) is 0 Å². The molecule has 0 spiro atoms. The van der Waals surface area contributed by atoms with Gasteiger partial charge in [0, 0.05) is 0 Å². The fourth-order valence-electron chi connectivity index (χ4n) is 1.81. The van der Waals surface area contributed by atoms with Crippen molar-refractivity contribution in [1.29, 1.82) is 0 Å². The molecule has 0 saturated carbocycles. The predicted molar refractivity (Wildman–Crippen MR) is 56.4 cm³/mol. The molecule has 0 aromatic heterocycles. The minimum absolute atomic E-state index is 0.510. The van der Waals surface area contributed by atoms with E-state index >= 15 is 0 Å². The van der Waals surface area contributed by atoms with Crippen LogP contribution in [0.15, 0.2) is 0 Å². The Kier molecular flexibility index (Phi) is 5.56. The van der Waals surface area contributed by atoms with Gasteiger partial charge in [-0.05, 0) is 37.3 Å². The van der Waals surface area contributed by atoms with E-state index in [0.717, 1.165) is 19.0 Å². The molecule has 0 aliphatic heterocycles. The summed E-state index contributed by atoms with van der Waals surface area (Å²) in [4.78, 5) is 0. The van der Waals surface area contributed by atoms with Gasteiger partial charge in [-0.1, -0.05) is 34.6 Å². The lowest BCUT2D eigenvalue weighted by atomic mass is 9.81. The normalized spacial score (nSPS) is 12.5. The quantitative estimate of drug-likeness (QED) is 0.606. The fourth-order valence-corrected chi connectivity index (χ4v) is 1.81. The second-order valence-corrected chi connectivity index (χ2v) is 4.87. The molecule has 0 aromatic rings. The average molecular weight is 171 g/mol. The van der Waals surface area contributed by atoms with Gasteiger partial charge in [0.25, 0.3) is 0 Å². The third-order valence-electron chi connectivity index (χ3n) is 2.19. The van der Waals surface area contributed by atoms with Gasteiger partial charge in [-0.25, -0.2) is 0 Å². The Balaban J connectivity index is 3.56. The maximum Gasteiger partial charge on any atom is -0.00439 e. The van der Waals surface area contributed by atoms with Gasteiger partial charge in [0.15, 0.2) is 0 Å². The Bertz CT molecular complexity index is 106. The Hall–Kier alpha value is -0.0400. The van der Waals surface area contributed by atoms with Gasteiger partial charge in [-0.15, -0.1) is 0 Å². The zero-order chi connectivity index (χ0) is 9.61. The molecule has 0 radical (unpaired) electrons. The van der Waals surface area contributed by atoms with Crippen LogP contribution in [0.1, 0.15) is 47.5 Å². The highest BCUT2D eigenvalue weighted by atomic mass is 14.8. The van der Waals surface area contributed by atoms with Crippen LogP contribution < -0.4 is 5.32 Å². The number of hydrogen-bond acceptors (Lipinski definition) is 1. The molecule has 1 heteroatoms. The summed E-state index contributed by atoms with van der Waals surface area (Å²) in [7, 11) is 0. The van der Waals surface area contributed by atoms with Crippen molar-refractivity contribution in [2.45, 2.75) is 47.5 Å². The maximum atomic E-state index is 3.38. The van der Waals surface area contributed by atoms with Crippen molar-refractivity contribution in [3.05, 3.63) is 0 Å². The zero-order valence-corrected chi connectivity index (χ0v) is 9.41. The molecule has 0 fully saturated rings. The van der Waals surface area contributed by atoms with Crippen LogP contribution >= 0.6 is 0 Å². The maximum absolute atomic E-state index is 3.38. The van der Waals surface area contributed by atoms with E-state index in [4.69, 9.17) is 0 Å². The van der Waals surface area contributed by atoms with E-state index in [9.17, 15) is 0 Å². The first kappa shape index (κ1) is 12.0. The Morgan fingerprint density at radius 2 is 1.83 bits per heavy atom. The summed E-state index contributed by atoms with van der Waals surface area (Å²) in [5.41, 5.74) is 0.510. The highest BCUT2D eigenvalue weighted by Gasteiger charge is 2.18. The van der Waals surface area contributed by atoms with E-state index in [0.29, 0.717) is 5.41 Å². The fraction of sp³-hybridized carbons (Fsp3) is 1.00. The lowest BCUT2D eigenvalue weighted by Crippen LogP contribution is -2.23. The van der Waals surface area contributed by atoms with Crippen molar-refractivity contribution in [2.24, 2.45) is 11.3 Å². The lowest BCUT2D eigenvalue weighted by Gasteiger charge is -2.26. The standard InChI is InChI=1S/C11H25N/c1-6-12-8-7-11(4,5)9-10(2)3/h10,12H,6-9H2,1-5H3. The largest absolute Gasteiger partial charge is 0.317 e. The van der Waals surface area contributed by atoms with Gasteiger partial charge in [-0.3, -0.25) is 0 Å². The van der Waals surface area contributed by atoms with Crippen molar-refractivity contribution in [3.63, 3.8) is 0 Å². The number of nitrogens with one attached hydrogen (secondary N) is 1. The van der Waals surface area contributed by atoms with E-state index in [1.807, 2.05) is 0 Å². The smallest absolute Gasteiger partial charge is 0.00439 e. The lowest BCUT2D eigenvalue weighted by molar-refractivity contribution is 0.263. The van der Waals surface area contributed by atoms with Crippen LogP contribution in [-0.2, 0) is 0 Å². The molecule has 1 nitrogen and oxygen atoms in total. The second-order valence-electron chi connectivity index (χ2n) is 4.87. The van der Waals surface area contributed by atoms with Crippen LogP contribution in [0.2, 0.25) is 0 Å². The molecule has 0 rings (SSSR count). The van der Waals surface area contributed by atoms with Gasteiger partial charge in [-0.2, -0.15) is 0 Å². The minimum Gasteiger partial charge on any atom is -0.317 e. The van der Waals surface area contributed by atoms with Crippen molar-refractivity contribution in [1.82, 2.24) is 5.32 Å². The van der Waals surface area contributed by atoms with Crippen LogP contribution in [0.3, 0.4) is 0 Å². The molecule has 0 aliphatic carbocycles. The first-order valence-electron chi connectivity index (χ1n) is 5.18. The first-order chi connectivity index (χ1) is 5.48. The molecule has 74 valence electrons. The highest BCUT2D eigenvalue weighted by molar-refractivity contribution is 4.71. The van der Waals surface area contributed by atoms with Gasteiger partial charge < -0.3 is 5.32 Å². The Morgan fingerprint density at radius 1 is 1.25 bits per heavy atom. The van der Waals surface area contributed by atoms with Crippen molar-refractivity contribution in [3.8, 4) is 0 Å². The van der Waals surface area contributed by atoms with Crippen LogP contribution in [0, 0.1) is 11.3 Å². The molecule has 0 unspecified atom stereocenters. The van der Waals surface area contributed by atoms with Crippen molar-refractivity contribution < 1.29 is 0 Å². The zero-order valence-electron chi connectivity index (χ0n) is 9.41. The monoisotopic (exact) mass is 171 g/mol. The van der Waals surface area contributed by atoms with E-state index in [-0.39, 0.29) is 0 Å². The molecular weight excluding hydrogens is 146 g/mol. The van der Waals surface area contributed by atoms with Gasteiger partial charge in [0.1, 0.15) is 0 Å². The van der Waals surface area contributed by atoms with Crippen LogP contribution in [-0.4, -0.2) is 13.1 Å². The summed E-state index contributed by atoms with van der Waals surface area (Å²) >= 11 is 0. The summed E-state index contributed by atoms with van der Waals surface area (Å²) in [6.07, 6.45) is 2.62. The molecule has 0 aliphatic rings. The molecule has 0 amide bonds. The van der Waals surface area contributed by atoms with E-state index < -0.39 is 0 Å². The molecule has 0 heterocycles. The molecule has 12 heavy (non-hydrogen) atoms. The molecular formula is C11H25N. The molecule has 0 saturated heterocycles. The van der Waals surface area contributed by atoms with E-state index in [1.54, 1.807) is 0 Å². The minimum atomic E-state index is 0.510. The number of hydrogen-bond donors (Lipinski definition) is 1. The van der Waals surface area contributed by atoms with Gasteiger partial charge in [0.2, 0.25) is 0 Å². The predicted octanol–water partition coefficient (Wildman–Crippen LogP) is 3.06. The SMILES string of the molecule is CCNCCC(C)(C)CC(C)C. The van der Waals surface area contributed by atoms with Gasteiger partial charge >= 0.3 is 0 Å². The van der Waals surface area contributed by atoms with Crippen LogP contribution in [0.4, 0.5) is 0 Å². The molecule has 0 atom stereocenters. The van der Waals surface area contributed by atoms with Crippen LogP contribution in [0.5, 0.6) is 0 Å². The van der Waals surface area contributed by atoms with Crippen molar-refractivity contribution in [2.75, 3.05) is 13.1 Å². The summed E-state index contributed by atoms with van der Waals surface area (Å²) < 4.78 is 0. The summed E-state index contributed by atoms with van der Waals surface area (Å²) in [6, 6.07) is 0. The summed E-state index contributed by atoms with van der Waals surface area (Å²) in [6.45, 7) is 13.8. The Morgan fingerprint density at radius 3 is 2.25 bits per heavy atom. The van der Waals surface area contributed by atoms with Crippen molar-refractivity contribution >= 4 is 0 Å². The van der Waals surface area contributed by atoms with Gasteiger partial charge in [0.05, 0.1) is 0 Å². The third kappa shape index (κ3) is 6.66. The molecule has 1 N–H and O–H groups in total. The molecule has 0 aromatic carbocycles. The average Bonchev–Trinajstić information content (AvgIpc) is 1.84. The third-order valence-corrected chi connectivity index (χ3v) is 2.19. The summed E-state index contributed by atoms with van der Waals surface area (Å²) in [5.74, 6) is 0.821. The molecule has 0 bridgehead atoms.